The fourth-order valence-electron chi connectivity index (χ4n) is 5.04. The maximum atomic E-state index is 13.6. The molecule has 0 radical (unpaired) electrons. The van der Waals surface area contributed by atoms with E-state index in [1.165, 1.54) is 0 Å². The van der Waals surface area contributed by atoms with E-state index in [9.17, 15) is 4.79 Å². The highest BCUT2D eigenvalue weighted by Gasteiger charge is 2.59. The molecule has 2 heterocycles. The molecule has 2 aromatic carbocycles. The van der Waals surface area contributed by atoms with Gasteiger partial charge in [-0.3, -0.25) is 4.79 Å². The van der Waals surface area contributed by atoms with E-state index in [1.54, 1.807) is 0 Å². The summed E-state index contributed by atoms with van der Waals surface area (Å²) in [6, 6.07) is 15.8. The maximum Gasteiger partial charge on any atom is 0.231 e. The summed E-state index contributed by atoms with van der Waals surface area (Å²) in [6.07, 6.45) is 1.13. The molecule has 31 heavy (non-hydrogen) atoms. The van der Waals surface area contributed by atoms with Gasteiger partial charge in [-0.15, -0.1) is 0 Å². The van der Waals surface area contributed by atoms with Gasteiger partial charge in [-0.05, 0) is 49.9 Å². The van der Waals surface area contributed by atoms with Crippen LogP contribution in [0.5, 0.6) is 11.5 Å². The van der Waals surface area contributed by atoms with Gasteiger partial charge in [0, 0.05) is 13.0 Å². The van der Waals surface area contributed by atoms with Gasteiger partial charge in [0.05, 0.1) is 18.1 Å². The van der Waals surface area contributed by atoms with Crippen LogP contribution in [0, 0.1) is 0 Å². The van der Waals surface area contributed by atoms with E-state index in [-0.39, 0.29) is 24.8 Å². The zero-order valence-corrected chi connectivity index (χ0v) is 18.0. The Hall–Kier alpha value is -2.41. The van der Waals surface area contributed by atoms with Gasteiger partial charge in [-0.1, -0.05) is 36.4 Å². The summed E-state index contributed by atoms with van der Waals surface area (Å²) in [5, 5.41) is 0. The topological polar surface area (TPSA) is 63.2 Å². The number of rotatable bonds is 6. The van der Waals surface area contributed by atoms with Crippen molar-refractivity contribution < 1.29 is 28.5 Å². The van der Waals surface area contributed by atoms with Crippen LogP contribution in [0.1, 0.15) is 44.2 Å². The lowest BCUT2D eigenvalue weighted by molar-refractivity contribution is -0.155. The van der Waals surface area contributed by atoms with Crippen molar-refractivity contribution in [3.8, 4) is 11.5 Å². The van der Waals surface area contributed by atoms with Gasteiger partial charge >= 0.3 is 0 Å². The number of ketones is 1. The summed E-state index contributed by atoms with van der Waals surface area (Å²) < 4.78 is 29.6. The van der Waals surface area contributed by atoms with E-state index in [0.717, 1.165) is 11.1 Å². The van der Waals surface area contributed by atoms with E-state index >= 15 is 0 Å². The summed E-state index contributed by atoms with van der Waals surface area (Å²) in [7, 11) is 0. The van der Waals surface area contributed by atoms with Crippen LogP contribution >= 0.6 is 0 Å². The average Bonchev–Trinajstić information content (AvgIpc) is 3.36. The predicted octanol–water partition coefficient (Wildman–Crippen LogP) is 4.14. The lowest BCUT2D eigenvalue weighted by Gasteiger charge is -2.42. The van der Waals surface area contributed by atoms with Crippen molar-refractivity contribution in [3.63, 3.8) is 0 Å². The third-order valence-electron chi connectivity index (χ3n) is 6.46. The zero-order valence-electron chi connectivity index (χ0n) is 18.0. The Morgan fingerprint density at radius 1 is 1.03 bits per heavy atom. The molecular weight excluding hydrogens is 396 g/mol. The van der Waals surface area contributed by atoms with E-state index in [0.29, 0.717) is 44.0 Å². The minimum atomic E-state index is -0.853. The molecule has 0 spiro atoms. The van der Waals surface area contributed by atoms with Gasteiger partial charge in [0.15, 0.2) is 17.3 Å². The molecule has 1 saturated heterocycles. The number of carbonyl (C=O) groups excluding carboxylic acids is 1. The molecular formula is C25H28O6. The first-order chi connectivity index (χ1) is 15.0. The Bertz CT molecular complexity index is 956. The number of benzene rings is 2. The molecule has 3 aliphatic rings. The lowest BCUT2D eigenvalue weighted by atomic mass is 9.63. The Labute approximate surface area is 182 Å². The second-order valence-corrected chi connectivity index (χ2v) is 8.88. The molecule has 2 fully saturated rings. The predicted molar refractivity (Wildman–Crippen MR) is 113 cm³/mol. The van der Waals surface area contributed by atoms with Crippen LogP contribution in [0.25, 0.3) is 0 Å². The van der Waals surface area contributed by atoms with E-state index in [2.05, 4.69) is 0 Å². The Morgan fingerprint density at radius 2 is 1.84 bits per heavy atom. The van der Waals surface area contributed by atoms with Crippen LogP contribution < -0.4 is 9.47 Å². The second kappa shape index (κ2) is 7.93. The van der Waals surface area contributed by atoms with Gasteiger partial charge in [0.2, 0.25) is 6.79 Å². The zero-order chi connectivity index (χ0) is 21.5. The van der Waals surface area contributed by atoms with E-state index < -0.39 is 11.2 Å². The first-order valence-electron chi connectivity index (χ1n) is 10.9. The highest BCUT2D eigenvalue weighted by atomic mass is 16.8. The Morgan fingerprint density at radius 3 is 2.68 bits per heavy atom. The van der Waals surface area contributed by atoms with Crippen molar-refractivity contribution in [1.29, 1.82) is 0 Å². The largest absolute Gasteiger partial charge is 0.454 e. The fraction of sp³-hybridized carbons (Fsp3) is 0.480. The lowest BCUT2D eigenvalue weighted by Crippen LogP contribution is -2.55. The van der Waals surface area contributed by atoms with Gasteiger partial charge < -0.3 is 23.7 Å². The van der Waals surface area contributed by atoms with Gasteiger partial charge in [0.25, 0.3) is 0 Å². The third-order valence-corrected chi connectivity index (χ3v) is 6.46. The van der Waals surface area contributed by atoms with Crippen molar-refractivity contribution in [2.24, 2.45) is 0 Å². The van der Waals surface area contributed by atoms with Crippen LogP contribution in [-0.2, 0) is 31.0 Å². The molecule has 6 nitrogen and oxygen atoms in total. The molecule has 0 bridgehead atoms. The summed E-state index contributed by atoms with van der Waals surface area (Å²) in [4.78, 5) is 13.6. The molecule has 2 aliphatic heterocycles. The molecule has 2 aromatic rings. The fourth-order valence-corrected chi connectivity index (χ4v) is 5.04. The minimum absolute atomic E-state index is 0.132. The highest BCUT2D eigenvalue weighted by molar-refractivity contribution is 5.92. The van der Waals surface area contributed by atoms with Crippen LogP contribution in [0.2, 0.25) is 0 Å². The SMILES string of the molecule is CC1(C)O[C@H]2CCC(=O)[C@](CCOCc3ccccc3)(c3ccc4c(c3)OCO4)[C@H]2O1. The molecule has 164 valence electrons. The first kappa shape index (κ1) is 20.5. The highest BCUT2D eigenvalue weighted by Crippen LogP contribution is 2.50. The quantitative estimate of drug-likeness (QED) is 0.650. The number of hydrogen-bond donors (Lipinski definition) is 0. The number of fused-ring (bicyclic) bond motifs is 2. The third kappa shape index (κ3) is 3.73. The standard InChI is InChI=1S/C25H28O6/c1-24(2)30-20-10-11-22(26)25(23(20)31-24,12-13-27-15-17-6-4-3-5-7-17)18-8-9-19-21(14-18)29-16-28-19/h3-9,14,20,23H,10-13,15-16H2,1-2H3/t20-,23-,25-/m0/s1. The van der Waals surface area contributed by atoms with Crippen molar-refractivity contribution >= 4 is 5.78 Å². The van der Waals surface area contributed by atoms with Crippen molar-refractivity contribution in [2.45, 2.75) is 63.1 Å². The maximum absolute atomic E-state index is 13.6. The minimum Gasteiger partial charge on any atom is -0.454 e. The van der Waals surface area contributed by atoms with Crippen molar-refractivity contribution in [2.75, 3.05) is 13.4 Å². The van der Waals surface area contributed by atoms with Gasteiger partial charge in [-0.25, -0.2) is 0 Å². The van der Waals surface area contributed by atoms with Crippen LogP contribution in [0.3, 0.4) is 0 Å². The Kier molecular flexibility index (Phi) is 5.24. The molecule has 0 N–H and O–H groups in total. The van der Waals surface area contributed by atoms with E-state index in [1.807, 2.05) is 62.4 Å². The summed E-state index contributed by atoms with van der Waals surface area (Å²) >= 11 is 0. The molecule has 6 heteroatoms. The molecule has 5 rings (SSSR count). The van der Waals surface area contributed by atoms with Gasteiger partial charge in [-0.2, -0.15) is 0 Å². The van der Waals surface area contributed by atoms with Crippen molar-refractivity contribution in [3.05, 3.63) is 59.7 Å². The summed E-state index contributed by atoms with van der Waals surface area (Å²) in [5.41, 5.74) is 1.13. The summed E-state index contributed by atoms with van der Waals surface area (Å²) in [6.45, 7) is 4.95. The van der Waals surface area contributed by atoms with Gasteiger partial charge in [0.1, 0.15) is 11.9 Å². The number of ether oxygens (including phenoxy) is 5. The normalized spacial score (nSPS) is 28.5. The van der Waals surface area contributed by atoms with Crippen LogP contribution in [0.4, 0.5) is 0 Å². The average molecular weight is 424 g/mol. The van der Waals surface area contributed by atoms with Crippen LogP contribution in [-0.4, -0.2) is 37.2 Å². The first-order valence-corrected chi connectivity index (χ1v) is 10.9. The number of carbonyl (C=O) groups is 1. The number of hydrogen-bond acceptors (Lipinski definition) is 6. The molecule has 3 atom stereocenters. The number of Topliss-reactive ketones (excluding diaryl/α,β-unsaturated/α-hetero) is 1. The summed E-state index contributed by atoms with van der Waals surface area (Å²) in [5.74, 6) is 0.794. The van der Waals surface area contributed by atoms with E-state index in [4.69, 9.17) is 23.7 Å². The van der Waals surface area contributed by atoms with Crippen molar-refractivity contribution in [1.82, 2.24) is 0 Å². The smallest absolute Gasteiger partial charge is 0.231 e. The molecule has 1 saturated carbocycles. The second-order valence-electron chi connectivity index (χ2n) is 8.88. The molecule has 0 unspecified atom stereocenters. The van der Waals surface area contributed by atoms with Crippen LogP contribution in [0.15, 0.2) is 48.5 Å². The molecule has 0 amide bonds. The molecule has 1 aliphatic carbocycles. The monoisotopic (exact) mass is 424 g/mol. The Balaban J connectivity index is 1.45. The molecule has 0 aromatic heterocycles.